The van der Waals surface area contributed by atoms with Crippen LogP contribution in [0.15, 0.2) is 30.3 Å². The molecule has 0 heterocycles. The summed E-state index contributed by atoms with van der Waals surface area (Å²) in [6.07, 6.45) is 3.68. The fourth-order valence-corrected chi connectivity index (χ4v) is 1.89. The summed E-state index contributed by atoms with van der Waals surface area (Å²) in [4.78, 5) is 22.6. The molecule has 0 aromatic heterocycles. The van der Waals surface area contributed by atoms with Crippen LogP contribution in [-0.4, -0.2) is 36.7 Å². The molecule has 5 heteroatoms. The molecule has 120 valence electrons. The standard InChI is InChI=1S/C17H23NO4/c1-12(2)14-9-7-13(8-10-14)5-4-6-16(19)18-15(11-22-3)17(20)21/h4-5,7-10,12,15H,6,11H2,1-3H3,(H,18,19)(H,20,21)/b5-4+. The summed E-state index contributed by atoms with van der Waals surface area (Å²) >= 11 is 0. The Morgan fingerprint density at radius 2 is 1.91 bits per heavy atom. The lowest BCUT2D eigenvalue weighted by Gasteiger charge is -2.12. The Morgan fingerprint density at radius 1 is 1.27 bits per heavy atom. The van der Waals surface area contributed by atoms with E-state index in [2.05, 4.69) is 31.3 Å². The molecule has 1 atom stereocenters. The van der Waals surface area contributed by atoms with Gasteiger partial charge in [0.15, 0.2) is 6.04 Å². The molecule has 1 rings (SSSR count). The fraction of sp³-hybridized carbons (Fsp3) is 0.412. The van der Waals surface area contributed by atoms with Crippen LogP contribution in [-0.2, 0) is 14.3 Å². The highest BCUT2D eigenvalue weighted by atomic mass is 16.5. The first-order valence-electron chi connectivity index (χ1n) is 7.21. The van der Waals surface area contributed by atoms with Crippen LogP contribution in [0.5, 0.6) is 0 Å². The Morgan fingerprint density at radius 3 is 2.41 bits per heavy atom. The summed E-state index contributed by atoms with van der Waals surface area (Å²) in [7, 11) is 1.39. The van der Waals surface area contributed by atoms with Crippen molar-refractivity contribution >= 4 is 18.0 Å². The van der Waals surface area contributed by atoms with Gasteiger partial charge in [0.1, 0.15) is 0 Å². The number of rotatable bonds is 8. The normalized spacial score (nSPS) is 12.5. The van der Waals surface area contributed by atoms with Crippen LogP contribution in [0, 0.1) is 0 Å². The van der Waals surface area contributed by atoms with E-state index in [9.17, 15) is 9.59 Å². The lowest BCUT2D eigenvalue weighted by molar-refractivity contribution is -0.143. The first-order chi connectivity index (χ1) is 10.4. The van der Waals surface area contributed by atoms with Crippen molar-refractivity contribution in [3.8, 4) is 0 Å². The number of methoxy groups -OCH3 is 1. The molecule has 0 aliphatic heterocycles. The molecular weight excluding hydrogens is 282 g/mol. The summed E-state index contributed by atoms with van der Waals surface area (Å²) in [6.45, 7) is 4.21. The number of carbonyl (C=O) groups excluding carboxylic acids is 1. The molecule has 0 saturated carbocycles. The quantitative estimate of drug-likeness (QED) is 0.773. The molecule has 0 bridgehead atoms. The van der Waals surface area contributed by atoms with Crippen LogP contribution in [0.25, 0.3) is 6.08 Å². The third-order valence-electron chi connectivity index (χ3n) is 3.18. The highest BCUT2D eigenvalue weighted by Crippen LogP contribution is 2.15. The second-order valence-corrected chi connectivity index (χ2v) is 5.34. The second-order valence-electron chi connectivity index (χ2n) is 5.34. The van der Waals surface area contributed by atoms with Gasteiger partial charge in [-0.3, -0.25) is 4.79 Å². The van der Waals surface area contributed by atoms with E-state index in [0.717, 1.165) is 5.56 Å². The molecule has 0 aliphatic rings. The molecule has 5 nitrogen and oxygen atoms in total. The van der Waals surface area contributed by atoms with Crippen LogP contribution in [0.1, 0.15) is 37.3 Å². The number of carboxylic acid groups (broad SMARTS) is 1. The molecule has 1 unspecified atom stereocenters. The molecule has 0 fully saturated rings. The van der Waals surface area contributed by atoms with Crippen LogP contribution in [0.4, 0.5) is 0 Å². The Balaban J connectivity index is 2.50. The Bertz CT molecular complexity index is 520. The Kier molecular flexibility index (Phi) is 7.32. The van der Waals surface area contributed by atoms with Crippen molar-refractivity contribution in [2.45, 2.75) is 32.2 Å². The highest BCUT2D eigenvalue weighted by molar-refractivity contribution is 5.84. The number of nitrogens with one attached hydrogen (secondary N) is 1. The number of amides is 1. The van der Waals surface area contributed by atoms with Gasteiger partial charge < -0.3 is 15.2 Å². The minimum absolute atomic E-state index is 0.0541. The molecule has 2 N–H and O–H groups in total. The van der Waals surface area contributed by atoms with Gasteiger partial charge in [0.25, 0.3) is 0 Å². The summed E-state index contributed by atoms with van der Waals surface area (Å²) in [5.74, 6) is -0.972. The maximum atomic E-state index is 11.7. The average molecular weight is 305 g/mol. The molecular formula is C17H23NO4. The smallest absolute Gasteiger partial charge is 0.328 e. The number of benzene rings is 1. The lowest BCUT2D eigenvalue weighted by Crippen LogP contribution is -2.43. The topological polar surface area (TPSA) is 75.6 Å². The number of carboxylic acids is 1. The fourth-order valence-electron chi connectivity index (χ4n) is 1.89. The third-order valence-corrected chi connectivity index (χ3v) is 3.18. The molecule has 1 aromatic rings. The average Bonchev–Trinajstić information content (AvgIpc) is 2.47. The van der Waals surface area contributed by atoms with Gasteiger partial charge in [0.05, 0.1) is 6.61 Å². The first-order valence-corrected chi connectivity index (χ1v) is 7.21. The number of hydrogen-bond acceptors (Lipinski definition) is 3. The van der Waals surface area contributed by atoms with Crippen molar-refractivity contribution in [1.29, 1.82) is 0 Å². The van der Waals surface area contributed by atoms with E-state index in [1.165, 1.54) is 12.7 Å². The summed E-state index contributed by atoms with van der Waals surface area (Å²) in [5, 5.41) is 11.3. The van der Waals surface area contributed by atoms with Gasteiger partial charge in [-0.05, 0) is 17.0 Å². The van der Waals surface area contributed by atoms with E-state index in [1.807, 2.05) is 18.2 Å². The van der Waals surface area contributed by atoms with E-state index in [-0.39, 0.29) is 18.9 Å². The van der Waals surface area contributed by atoms with Crippen molar-refractivity contribution in [2.75, 3.05) is 13.7 Å². The van der Waals surface area contributed by atoms with Crippen LogP contribution >= 0.6 is 0 Å². The van der Waals surface area contributed by atoms with Crippen molar-refractivity contribution in [1.82, 2.24) is 5.32 Å². The van der Waals surface area contributed by atoms with Gasteiger partial charge in [0.2, 0.25) is 5.91 Å². The molecule has 1 amide bonds. The predicted molar refractivity (Wildman–Crippen MR) is 85.6 cm³/mol. The van der Waals surface area contributed by atoms with Gasteiger partial charge in [-0.2, -0.15) is 0 Å². The summed E-state index contributed by atoms with van der Waals surface area (Å²) < 4.78 is 4.76. The summed E-state index contributed by atoms with van der Waals surface area (Å²) in [5.41, 5.74) is 2.27. The van der Waals surface area contributed by atoms with Gasteiger partial charge in [-0.25, -0.2) is 4.79 Å². The minimum Gasteiger partial charge on any atom is -0.480 e. The van der Waals surface area contributed by atoms with Crippen molar-refractivity contribution < 1.29 is 19.4 Å². The monoisotopic (exact) mass is 305 g/mol. The number of ether oxygens (including phenoxy) is 1. The summed E-state index contributed by atoms with van der Waals surface area (Å²) in [6, 6.07) is 7.09. The Hall–Kier alpha value is -2.14. The first kappa shape index (κ1) is 17.9. The molecule has 0 radical (unpaired) electrons. The zero-order valence-corrected chi connectivity index (χ0v) is 13.2. The minimum atomic E-state index is -1.11. The van der Waals surface area contributed by atoms with Gasteiger partial charge in [-0.15, -0.1) is 0 Å². The highest BCUT2D eigenvalue weighted by Gasteiger charge is 2.18. The van der Waals surface area contributed by atoms with Crippen molar-refractivity contribution in [2.24, 2.45) is 0 Å². The maximum Gasteiger partial charge on any atom is 0.328 e. The van der Waals surface area contributed by atoms with Gasteiger partial charge >= 0.3 is 5.97 Å². The van der Waals surface area contributed by atoms with E-state index >= 15 is 0 Å². The zero-order chi connectivity index (χ0) is 16.5. The third kappa shape index (κ3) is 6.10. The van der Waals surface area contributed by atoms with Crippen LogP contribution < -0.4 is 5.32 Å². The largest absolute Gasteiger partial charge is 0.480 e. The predicted octanol–water partition coefficient (Wildman–Crippen LogP) is 2.43. The molecule has 0 spiro atoms. The van der Waals surface area contributed by atoms with Gasteiger partial charge in [0, 0.05) is 13.5 Å². The Labute approximate surface area is 131 Å². The molecule has 0 aliphatic carbocycles. The van der Waals surface area contributed by atoms with Crippen LogP contribution in [0.2, 0.25) is 0 Å². The van der Waals surface area contributed by atoms with E-state index < -0.39 is 12.0 Å². The van der Waals surface area contributed by atoms with Gasteiger partial charge in [-0.1, -0.05) is 50.3 Å². The maximum absolute atomic E-state index is 11.7. The molecule has 1 aromatic carbocycles. The lowest BCUT2D eigenvalue weighted by atomic mass is 10.0. The van der Waals surface area contributed by atoms with E-state index in [0.29, 0.717) is 5.92 Å². The SMILES string of the molecule is COCC(NC(=O)C/C=C/c1ccc(C(C)C)cc1)C(=O)O. The van der Waals surface area contributed by atoms with Crippen molar-refractivity contribution in [3.63, 3.8) is 0 Å². The van der Waals surface area contributed by atoms with Crippen LogP contribution in [0.3, 0.4) is 0 Å². The second kappa shape index (κ2) is 9.00. The number of hydrogen-bond donors (Lipinski definition) is 2. The van der Waals surface area contributed by atoms with Crippen molar-refractivity contribution in [3.05, 3.63) is 41.5 Å². The zero-order valence-electron chi connectivity index (χ0n) is 13.2. The van der Waals surface area contributed by atoms with E-state index in [1.54, 1.807) is 6.08 Å². The molecule has 0 saturated heterocycles. The van der Waals surface area contributed by atoms with E-state index in [4.69, 9.17) is 9.84 Å². The molecule has 22 heavy (non-hydrogen) atoms. The number of aliphatic carboxylic acids is 1. The number of carbonyl (C=O) groups is 2.